The van der Waals surface area contributed by atoms with Crippen molar-refractivity contribution in [3.05, 3.63) is 195 Å². The van der Waals surface area contributed by atoms with Crippen molar-refractivity contribution in [3.8, 4) is 0 Å². The summed E-state index contributed by atoms with van der Waals surface area (Å²) < 4.78 is 78.0. The molecule has 0 spiro atoms. The van der Waals surface area contributed by atoms with Crippen molar-refractivity contribution in [2.75, 3.05) is 20.5 Å². The molecule has 0 saturated heterocycles. The van der Waals surface area contributed by atoms with Crippen molar-refractivity contribution in [1.29, 1.82) is 0 Å². The predicted octanol–water partition coefficient (Wildman–Crippen LogP) is 9.35. The summed E-state index contributed by atoms with van der Waals surface area (Å²) in [6.45, 7) is 0. The van der Waals surface area contributed by atoms with Crippen LogP contribution in [0.25, 0.3) is 0 Å². The number of hydrazine groups is 2. The van der Waals surface area contributed by atoms with Crippen LogP contribution in [0, 0.1) is 10.1 Å². The van der Waals surface area contributed by atoms with Crippen molar-refractivity contribution in [2.24, 2.45) is 10.2 Å². The first-order chi connectivity index (χ1) is 28.9. The summed E-state index contributed by atoms with van der Waals surface area (Å²) in [6, 6.07) is 51.7. The number of nitrogens with two attached hydrogens (primary N) is 2. The first-order valence-electron chi connectivity index (χ1n) is 17.6. The van der Waals surface area contributed by atoms with E-state index < -0.39 is 19.4 Å². The van der Waals surface area contributed by atoms with Gasteiger partial charge in [0.2, 0.25) is 0 Å². The maximum atomic E-state index is 11.1. The fourth-order valence-corrected chi connectivity index (χ4v) is 5.70. The van der Waals surface area contributed by atoms with Crippen LogP contribution in [0.5, 0.6) is 0 Å². The topological polar surface area (TPSA) is 114 Å². The van der Waals surface area contributed by atoms with E-state index in [1.165, 1.54) is 12.1 Å². The number of hydrazone groups is 2. The highest BCUT2D eigenvalue weighted by atomic mass is 35.5. The van der Waals surface area contributed by atoms with Gasteiger partial charge in [0, 0.05) is 12.1 Å². The molecule has 2 heterocycles. The Labute approximate surface area is 352 Å². The third kappa shape index (κ3) is 14.0. The van der Waals surface area contributed by atoms with E-state index in [1.807, 2.05) is 166 Å². The lowest BCUT2D eigenvalue weighted by Gasteiger charge is -2.24. The monoisotopic (exact) mass is 889 g/mol. The van der Waals surface area contributed by atoms with Gasteiger partial charge in [-0.3, -0.25) is 10.1 Å². The molecular weight excluding hydrogens is 859 g/mol. The van der Waals surface area contributed by atoms with Crippen LogP contribution in [-0.2, 0) is 0 Å². The Hall–Kier alpha value is -6.67. The number of halogens is 10. The third-order valence-corrected chi connectivity index (χ3v) is 8.63. The van der Waals surface area contributed by atoms with Crippen molar-refractivity contribution >= 4 is 77.8 Å². The van der Waals surface area contributed by atoms with E-state index in [1.54, 1.807) is 17.3 Å². The number of nitro groups is 1. The van der Waals surface area contributed by atoms with E-state index in [0.29, 0.717) is 21.4 Å². The average Bonchev–Trinajstić information content (AvgIpc) is 3.89. The Balaban J connectivity index is 0.000000189. The van der Waals surface area contributed by atoms with Crippen LogP contribution in [0.15, 0.2) is 174 Å². The predicted molar refractivity (Wildman–Crippen MR) is 223 cm³/mol. The van der Waals surface area contributed by atoms with E-state index in [9.17, 15) is 44.6 Å². The van der Waals surface area contributed by atoms with E-state index >= 15 is 0 Å². The van der Waals surface area contributed by atoms with Crippen LogP contribution in [0.4, 0.5) is 63.0 Å². The summed E-state index contributed by atoms with van der Waals surface area (Å²) in [6.07, 6.45) is 0. The molecule has 2 aliphatic heterocycles. The van der Waals surface area contributed by atoms with Gasteiger partial charge in [0.05, 0.1) is 37.5 Å². The first kappa shape index (κ1) is 45.4. The van der Waals surface area contributed by atoms with E-state index in [4.69, 9.17) is 28.3 Å². The second-order valence-corrected chi connectivity index (χ2v) is 13.1. The SMILES string of the molecule is Clc1ccc(N2[NH2+]C(c3ccccc3)=NN2c2ccccc2)cc1Cl.F[B-](F)(F)F.F[B-](F)(F)F.O=[N+]([O-])c1cccc(C2=NN(c3ccccc3)N(c3ccccc3)[NH2+]2)c1. The molecule has 0 atom stereocenters. The minimum atomic E-state index is -6.00. The van der Waals surface area contributed by atoms with E-state index in [2.05, 4.69) is 5.10 Å². The summed E-state index contributed by atoms with van der Waals surface area (Å²) in [5.41, 5.74) is 9.33. The highest BCUT2D eigenvalue weighted by Crippen LogP contribution is 2.29. The lowest BCUT2D eigenvalue weighted by Crippen LogP contribution is -2.96. The molecule has 4 N–H and O–H groups in total. The highest BCUT2D eigenvalue weighted by Gasteiger charge is 2.33. The number of quaternary nitrogens is 2. The number of anilines is 4. The van der Waals surface area contributed by atoms with Gasteiger partial charge in [0.15, 0.2) is 0 Å². The van der Waals surface area contributed by atoms with Crippen molar-refractivity contribution in [2.45, 2.75) is 0 Å². The van der Waals surface area contributed by atoms with Crippen LogP contribution in [0.2, 0.25) is 10.0 Å². The molecule has 0 aromatic heterocycles. The highest BCUT2D eigenvalue weighted by molar-refractivity contribution is 6.50. The number of hydrogen-bond acceptors (Lipinski definition) is 8. The van der Waals surface area contributed by atoms with Crippen LogP contribution >= 0.6 is 23.2 Å². The summed E-state index contributed by atoms with van der Waals surface area (Å²) >= 11 is 12.3. The first-order valence-corrected chi connectivity index (χ1v) is 18.4. The number of rotatable bonds is 7. The van der Waals surface area contributed by atoms with Crippen LogP contribution in [0.1, 0.15) is 11.1 Å². The summed E-state index contributed by atoms with van der Waals surface area (Å²) in [7, 11) is -12.0. The van der Waals surface area contributed by atoms with Gasteiger partial charge >= 0.3 is 14.5 Å². The number of hydrogen-bond donors (Lipinski definition) is 2. The third-order valence-electron chi connectivity index (χ3n) is 7.89. The molecule has 316 valence electrons. The van der Waals surface area contributed by atoms with Gasteiger partial charge in [-0.05, 0) is 72.8 Å². The van der Waals surface area contributed by atoms with Crippen LogP contribution in [0.3, 0.4) is 0 Å². The molecule has 23 heteroatoms. The molecule has 0 amide bonds. The number of benzene rings is 6. The minimum absolute atomic E-state index is 0.0445. The second-order valence-electron chi connectivity index (χ2n) is 12.3. The Morgan fingerprint density at radius 2 is 0.869 bits per heavy atom. The van der Waals surface area contributed by atoms with Gasteiger partial charge in [-0.1, -0.05) is 112 Å². The lowest BCUT2D eigenvalue weighted by molar-refractivity contribution is -0.545. The molecule has 6 aromatic rings. The summed E-state index contributed by atoms with van der Waals surface area (Å²) in [5, 5.41) is 29.1. The van der Waals surface area contributed by atoms with E-state index in [-0.39, 0.29) is 5.69 Å². The minimum Gasteiger partial charge on any atom is -0.418 e. The molecule has 0 radical (unpaired) electrons. The standard InChI is InChI=1S/C19H14Cl2N4.C19H15N5O2.2BF4/c20-17-12-11-16(13-18(17)21)25-23-19(14-7-3-1-4-8-14)22-24(25)15-9-5-2-6-10-15;25-24(26)18-13-7-8-15(14-18)19-20-22(16-9-3-1-4-10-16)23(21-19)17-11-5-2-6-12-17;2*2-1(3,4)5/h1-13H,(H,22,23);1-14H,(H,20,21);;/q;;2*-1/p+2. The molecule has 0 bridgehead atoms. The zero-order valence-electron chi connectivity index (χ0n) is 31.1. The Bertz CT molecular complexity index is 2410. The molecule has 0 unspecified atom stereocenters. The molecule has 0 aliphatic carbocycles. The van der Waals surface area contributed by atoms with Crippen LogP contribution < -0.4 is 31.3 Å². The van der Waals surface area contributed by atoms with Crippen molar-refractivity contribution < 1.29 is 50.3 Å². The zero-order chi connectivity index (χ0) is 44.2. The van der Waals surface area contributed by atoms with Gasteiger partial charge in [-0.2, -0.15) is 10.9 Å². The Kier molecular flexibility index (Phi) is 15.3. The summed E-state index contributed by atoms with van der Waals surface area (Å²) in [5.74, 6) is 1.52. The van der Waals surface area contributed by atoms with Crippen molar-refractivity contribution in [1.82, 2.24) is 0 Å². The molecule has 61 heavy (non-hydrogen) atoms. The molecule has 6 aromatic carbocycles. The fourth-order valence-electron chi connectivity index (χ4n) is 5.41. The quantitative estimate of drug-likeness (QED) is 0.0544. The van der Waals surface area contributed by atoms with E-state index in [0.717, 1.165) is 34.1 Å². The number of non-ortho nitro benzene ring substituents is 1. The zero-order valence-corrected chi connectivity index (χ0v) is 32.6. The Morgan fingerprint density at radius 3 is 1.31 bits per heavy atom. The molecule has 2 aliphatic rings. The van der Waals surface area contributed by atoms with Gasteiger partial charge in [0.25, 0.3) is 17.4 Å². The maximum absolute atomic E-state index is 11.1. The molecule has 11 nitrogen and oxygen atoms in total. The van der Waals surface area contributed by atoms with Gasteiger partial charge in [-0.15, -0.1) is 20.5 Å². The smallest absolute Gasteiger partial charge is 0.418 e. The second kappa shape index (κ2) is 20.5. The number of amidine groups is 2. The molecule has 0 saturated carbocycles. The number of nitro benzene ring substituents is 1. The van der Waals surface area contributed by atoms with Gasteiger partial charge in [-0.25, -0.2) is 0 Å². The number of nitrogens with zero attached hydrogens (tertiary/aromatic N) is 7. The molecular formula is C38H31B2Cl2F8N9O2. The largest absolute Gasteiger partial charge is 0.673 e. The number of para-hydroxylation sites is 3. The average molecular weight is 890 g/mol. The van der Waals surface area contributed by atoms with Gasteiger partial charge in [0.1, 0.15) is 11.4 Å². The van der Waals surface area contributed by atoms with Crippen molar-refractivity contribution in [3.63, 3.8) is 0 Å². The molecule has 8 rings (SSSR count). The summed E-state index contributed by atoms with van der Waals surface area (Å²) in [4.78, 5) is 10.7. The molecule has 0 fully saturated rings. The lowest BCUT2D eigenvalue weighted by atomic mass is 10.2. The van der Waals surface area contributed by atoms with Gasteiger partial charge < -0.3 is 34.5 Å². The van der Waals surface area contributed by atoms with Crippen LogP contribution in [-0.4, -0.2) is 31.1 Å². The normalized spacial score (nSPS) is 13.5. The Morgan fingerprint density at radius 1 is 0.475 bits per heavy atom. The maximum Gasteiger partial charge on any atom is 0.673 e. The fraction of sp³-hybridized carbons (Fsp3) is 0.